The molecule has 2 aromatic carbocycles. The molecular weight excluding hydrogens is 396 g/mol. The molecule has 0 spiro atoms. The van der Waals surface area contributed by atoms with E-state index in [0.717, 1.165) is 16.2 Å². The summed E-state index contributed by atoms with van der Waals surface area (Å²) in [6.45, 7) is 6.84. The molecule has 0 aromatic heterocycles. The van der Waals surface area contributed by atoms with Gasteiger partial charge in [0.2, 0.25) is 11.8 Å². The highest BCUT2D eigenvalue weighted by Gasteiger charge is 2.26. The van der Waals surface area contributed by atoms with Gasteiger partial charge in [0.05, 0.1) is 7.11 Å². The van der Waals surface area contributed by atoms with Crippen LogP contribution in [0.15, 0.2) is 59.5 Å². The van der Waals surface area contributed by atoms with Gasteiger partial charge in [-0.15, -0.1) is 11.8 Å². The first-order valence-electron chi connectivity index (χ1n) is 10.3. The average molecular weight is 429 g/mol. The van der Waals surface area contributed by atoms with Crippen LogP contribution in [0.2, 0.25) is 0 Å². The van der Waals surface area contributed by atoms with Gasteiger partial charge in [0.25, 0.3) is 0 Å². The normalized spacial score (nSPS) is 11.8. The number of rotatable bonds is 11. The second-order valence-electron chi connectivity index (χ2n) is 7.60. The van der Waals surface area contributed by atoms with Crippen molar-refractivity contribution in [3.8, 4) is 5.75 Å². The van der Waals surface area contributed by atoms with Crippen LogP contribution in [0.25, 0.3) is 0 Å². The van der Waals surface area contributed by atoms with Crippen LogP contribution in [0.1, 0.15) is 32.8 Å². The highest BCUT2D eigenvalue weighted by atomic mass is 32.2. The van der Waals surface area contributed by atoms with E-state index < -0.39 is 6.04 Å². The number of amides is 2. The molecular formula is C24H32N2O3S. The summed E-state index contributed by atoms with van der Waals surface area (Å²) in [6, 6.07) is 17.1. The smallest absolute Gasteiger partial charge is 0.242 e. The first-order valence-corrected chi connectivity index (χ1v) is 11.3. The molecule has 0 heterocycles. The molecule has 0 bridgehead atoms. The number of nitrogens with one attached hydrogen (secondary N) is 1. The van der Waals surface area contributed by atoms with Crippen molar-refractivity contribution < 1.29 is 14.3 Å². The largest absolute Gasteiger partial charge is 0.497 e. The minimum atomic E-state index is -0.552. The van der Waals surface area contributed by atoms with E-state index in [4.69, 9.17) is 4.74 Å². The average Bonchev–Trinajstić information content (AvgIpc) is 2.76. The summed E-state index contributed by atoms with van der Waals surface area (Å²) in [7, 11) is 1.62. The van der Waals surface area contributed by atoms with Crippen molar-refractivity contribution in [3.63, 3.8) is 0 Å². The molecule has 6 heteroatoms. The lowest BCUT2D eigenvalue weighted by Crippen LogP contribution is -2.48. The van der Waals surface area contributed by atoms with Gasteiger partial charge >= 0.3 is 0 Å². The lowest BCUT2D eigenvalue weighted by molar-refractivity contribution is -0.140. The van der Waals surface area contributed by atoms with E-state index in [9.17, 15) is 9.59 Å². The van der Waals surface area contributed by atoms with Gasteiger partial charge in [0, 0.05) is 30.2 Å². The fourth-order valence-electron chi connectivity index (χ4n) is 2.92. The van der Waals surface area contributed by atoms with Crippen molar-refractivity contribution in [1.29, 1.82) is 0 Å². The molecule has 162 valence electrons. The van der Waals surface area contributed by atoms with Crippen molar-refractivity contribution in [2.45, 2.75) is 44.7 Å². The lowest BCUT2D eigenvalue weighted by atomic mass is 10.1. The molecule has 0 fully saturated rings. The molecule has 0 saturated heterocycles. The van der Waals surface area contributed by atoms with Gasteiger partial charge in [0.1, 0.15) is 11.8 Å². The van der Waals surface area contributed by atoms with Gasteiger partial charge in [0.15, 0.2) is 0 Å². The number of methoxy groups -OCH3 is 1. The standard InChI is InChI=1S/C24H32N2O3S/c1-18(2)16-25-24(28)19(3)26(17-20-9-8-10-21(15-20)29-4)23(27)13-14-30-22-11-6-5-7-12-22/h5-12,15,18-19H,13-14,16-17H2,1-4H3,(H,25,28). The number of hydrogen-bond donors (Lipinski definition) is 1. The summed E-state index contributed by atoms with van der Waals surface area (Å²) < 4.78 is 5.30. The zero-order valence-electron chi connectivity index (χ0n) is 18.3. The Morgan fingerprint density at radius 1 is 1.07 bits per heavy atom. The lowest BCUT2D eigenvalue weighted by Gasteiger charge is -2.29. The fourth-order valence-corrected chi connectivity index (χ4v) is 3.78. The number of hydrogen-bond acceptors (Lipinski definition) is 4. The number of benzene rings is 2. The molecule has 0 saturated carbocycles. The van der Waals surface area contributed by atoms with E-state index in [1.165, 1.54) is 0 Å². The maximum absolute atomic E-state index is 13.1. The fraction of sp³-hybridized carbons (Fsp3) is 0.417. The Labute approximate surface area is 184 Å². The molecule has 0 aliphatic rings. The van der Waals surface area contributed by atoms with Gasteiger partial charge in [-0.05, 0) is 42.7 Å². The van der Waals surface area contributed by atoms with E-state index in [1.54, 1.807) is 30.7 Å². The van der Waals surface area contributed by atoms with Gasteiger partial charge in [-0.25, -0.2) is 0 Å². The second-order valence-corrected chi connectivity index (χ2v) is 8.77. The molecule has 1 atom stereocenters. The van der Waals surface area contributed by atoms with Crippen molar-refractivity contribution in [3.05, 3.63) is 60.2 Å². The van der Waals surface area contributed by atoms with E-state index in [1.807, 2.05) is 68.4 Å². The zero-order valence-corrected chi connectivity index (χ0v) is 19.1. The summed E-state index contributed by atoms with van der Waals surface area (Å²) in [5.41, 5.74) is 0.932. The predicted molar refractivity (Wildman–Crippen MR) is 123 cm³/mol. The number of ether oxygens (including phenoxy) is 1. The van der Waals surface area contributed by atoms with Crippen LogP contribution in [-0.2, 0) is 16.1 Å². The van der Waals surface area contributed by atoms with E-state index in [-0.39, 0.29) is 11.8 Å². The van der Waals surface area contributed by atoms with Crippen molar-refractivity contribution in [2.24, 2.45) is 5.92 Å². The van der Waals surface area contributed by atoms with Crippen molar-refractivity contribution in [2.75, 3.05) is 19.4 Å². The van der Waals surface area contributed by atoms with Crippen LogP contribution in [0, 0.1) is 5.92 Å². The molecule has 2 amide bonds. The number of nitrogens with zero attached hydrogens (tertiary/aromatic N) is 1. The highest BCUT2D eigenvalue weighted by Crippen LogP contribution is 2.20. The third-order valence-electron chi connectivity index (χ3n) is 4.67. The van der Waals surface area contributed by atoms with Crippen LogP contribution < -0.4 is 10.1 Å². The maximum Gasteiger partial charge on any atom is 0.242 e. The first-order chi connectivity index (χ1) is 14.4. The van der Waals surface area contributed by atoms with Crippen LogP contribution in [-0.4, -0.2) is 42.2 Å². The van der Waals surface area contributed by atoms with Crippen LogP contribution in [0.3, 0.4) is 0 Å². The Balaban J connectivity index is 2.08. The Morgan fingerprint density at radius 3 is 2.47 bits per heavy atom. The summed E-state index contributed by atoms with van der Waals surface area (Å²) in [4.78, 5) is 28.5. The minimum absolute atomic E-state index is 0.0338. The molecule has 0 aliphatic heterocycles. The van der Waals surface area contributed by atoms with E-state index >= 15 is 0 Å². The summed E-state index contributed by atoms with van der Waals surface area (Å²) in [5.74, 6) is 1.59. The Bertz CT molecular complexity index is 811. The van der Waals surface area contributed by atoms with Gasteiger partial charge in [-0.2, -0.15) is 0 Å². The number of carbonyl (C=O) groups is 2. The monoisotopic (exact) mass is 428 g/mol. The predicted octanol–water partition coefficient (Wildman–Crippen LogP) is 4.37. The van der Waals surface area contributed by atoms with E-state index in [2.05, 4.69) is 5.32 Å². The van der Waals surface area contributed by atoms with Crippen LogP contribution in [0.4, 0.5) is 0 Å². The SMILES string of the molecule is COc1cccc(CN(C(=O)CCSc2ccccc2)C(C)C(=O)NCC(C)C)c1. The Morgan fingerprint density at radius 2 is 1.80 bits per heavy atom. The van der Waals surface area contributed by atoms with E-state index in [0.29, 0.717) is 31.2 Å². The zero-order chi connectivity index (χ0) is 21.9. The topological polar surface area (TPSA) is 58.6 Å². The van der Waals surface area contributed by atoms with Crippen molar-refractivity contribution >= 4 is 23.6 Å². The third kappa shape index (κ3) is 7.75. The molecule has 5 nitrogen and oxygen atoms in total. The first kappa shape index (κ1) is 23.8. The van der Waals surface area contributed by atoms with Crippen LogP contribution in [0.5, 0.6) is 5.75 Å². The van der Waals surface area contributed by atoms with Gasteiger partial charge in [-0.1, -0.05) is 44.2 Å². The molecule has 1 N–H and O–H groups in total. The third-order valence-corrected chi connectivity index (χ3v) is 5.68. The second kappa shape index (κ2) is 12.3. The summed E-state index contributed by atoms with van der Waals surface area (Å²) in [5, 5.41) is 2.94. The molecule has 2 rings (SSSR count). The molecule has 2 aromatic rings. The highest BCUT2D eigenvalue weighted by molar-refractivity contribution is 7.99. The molecule has 1 unspecified atom stereocenters. The van der Waals surface area contributed by atoms with Crippen LogP contribution >= 0.6 is 11.8 Å². The molecule has 0 radical (unpaired) electrons. The Hall–Kier alpha value is -2.47. The number of thioether (sulfide) groups is 1. The summed E-state index contributed by atoms with van der Waals surface area (Å²) in [6.07, 6.45) is 0.366. The number of carbonyl (C=O) groups excluding carboxylic acids is 2. The summed E-state index contributed by atoms with van der Waals surface area (Å²) >= 11 is 1.64. The van der Waals surface area contributed by atoms with Crippen molar-refractivity contribution in [1.82, 2.24) is 10.2 Å². The maximum atomic E-state index is 13.1. The van der Waals surface area contributed by atoms with Gasteiger partial charge in [-0.3, -0.25) is 9.59 Å². The Kier molecular flexibility index (Phi) is 9.74. The van der Waals surface area contributed by atoms with Gasteiger partial charge < -0.3 is 15.0 Å². The minimum Gasteiger partial charge on any atom is -0.497 e. The molecule has 30 heavy (non-hydrogen) atoms. The molecule has 0 aliphatic carbocycles. The quantitative estimate of drug-likeness (QED) is 0.540.